The monoisotopic (exact) mass is 265 g/mol. The molecule has 108 valence electrons. The van der Waals surface area contributed by atoms with E-state index in [0.29, 0.717) is 0 Å². The third kappa shape index (κ3) is 3.56. The first-order valence-corrected chi connectivity index (χ1v) is 7.80. The Bertz CT molecular complexity index is 380. The minimum atomic E-state index is -0.349. The lowest BCUT2D eigenvalue weighted by atomic mass is 9.76. The first-order valence-electron chi connectivity index (χ1n) is 7.80. The van der Waals surface area contributed by atoms with Gasteiger partial charge in [0.25, 0.3) is 0 Å². The highest BCUT2D eigenvalue weighted by Gasteiger charge is 2.36. The van der Waals surface area contributed by atoms with Crippen LogP contribution in [0.2, 0.25) is 0 Å². The molecule has 19 heavy (non-hydrogen) atoms. The summed E-state index contributed by atoms with van der Waals surface area (Å²) in [5.41, 5.74) is 6.13. The van der Waals surface area contributed by atoms with Crippen LogP contribution in [0.3, 0.4) is 0 Å². The highest BCUT2D eigenvalue weighted by Crippen LogP contribution is 2.37. The van der Waals surface area contributed by atoms with Gasteiger partial charge in [0.1, 0.15) is 0 Å². The van der Waals surface area contributed by atoms with E-state index < -0.39 is 0 Å². The van der Waals surface area contributed by atoms with Crippen molar-refractivity contribution >= 4 is 0 Å². The summed E-state index contributed by atoms with van der Waals surface area (Å²) in [6, 6.07) is 0. The maximum absolute atomic E-state index is 6.48. The summed E-state index contributed by atoms with van der Waals surface area (Å²) >= 11 is 0. The predicted molar refractivity (Wildman–Crippen MR) is 75.6 cm³/mol. The molecule has 0 aliphatic heterocycles. The number of rotatable bonds is 6. The Morgan fingerprint density at radius 2 is 2.00 bits per heavy atom. The molecule has 0 radical (unpaired) electrons. The Labute approximate surface area is 116 Å². The molecule has 4 heteroatoms. The van der Waals surface area contributed by atoms with E-state index in [4.69, 9.17) is 10.3 Å². The van der Waals surface area contributed by atoms with Crippen molar-refractivity contribution < 1.29 is 4.52 Å². The number of nitrogens with zero attached hydrogens (tertiary/aromatic N) is 2. The summed E-state index contributed by atoms with van der Waals surface area (Å²) in [4.78, 5) is 4.53. The van der Waals surface area contributed by atoms with E-state index >= 15 is 0 Å². The van der Waals surface area contributed by atoms with Gasteiger partial charge in [-0.1, -0.05) is 38.3 Å². The predicted octanol–water partition coefficient (Wildman–Crippen LogP) is 3.56. The normalized spacial score (nSPS) is 27.6. The lowest BCUT2D eigenvalue weighted by molar-refractivity contribution is 0.216. The molecule has 0 atom stereocenters. The van der Waals surface area contributed by atoms with Crippen LogP contribution in [0, 0.1) is 5.92 Å². The van der Waals surface area contributed by atoms with Crippen molar-refractivity contribution in [3.05, 3.63) is 11.7 Å². The summed E-state index contributed by atoms with van der Waals surface area (Å²) in [5.74, 6) is 2.31. The maximum Gasteiger partial charge on any atom is 0.226 e. The van der Waals surface area contributed by atoms with Crippen LogP contribution in [0.5, 0.6) is 0 Å². The number of aromatic nitrogens is 2. The van der Waals surface area contributed by atoms with Gasteiger partial charge in [0.2, 0.25) is 5.89 Å². The van der Waals surface area contributed by atoms with Crippen molar-refractivity contribution in [2.24, 2.45) is 11.7 Å². The van der Waals surface area contributed by atoms with Crippen LogP contribution in [-0.2, 0) is 12.0 Å². The van der Waals surface area contributed by atoms with Gasteiger partial charge >= 0.3 is 0 Å². The van der Waals surface area contributed by atoms with Gasteiger partial charge in [-0.3, -0.25) is 0 Å². The van der Waals surface area contributed by atoms with Gasteiger partial charge in [-0.25, -0.2) is 0 Å². The molecule has 4 nitrogen and oxygen atoms in total. The van der Waals surface area contributed by atoms with Gasteiger partial charge in [-0.05, 0) is 38.0 Å². The molecular formula is C15H27N3O. The lowest BCUT2D eigenvalue weighted by Gasteiger charge is -2.34. The molecule has 0 aromatic carbocycles. The second-order valence-corrected chi connectivity index (χ2v) is 5.98. The number of unbranched alkanes of at least 4 members (excludes halogenated alkanes) is 2. The van der Waals surface area contributed by atoms with Crippen molar-refractivity contribution in [1.29, 1.82) is 0 Å². The van der Waals surface area contributed by atoms with Gasteiger partial charge < -0.3 is 10.3 Å². The van der Waals surface area contributed by atoms with Gasteiger partial charge in [0.15, 0.2) is 5.82 Å². The van der Waals surface area contributed by atoms with Crippen LogP contribution in [0.4, 0.5) is 0 Å². The second-order valence-electron chi connectivity index (χ2n) is 5.98. The van der Waals surface area contributed by atoms with Gasteiger partial charge in [0, 0.05) is 6.42 Å². The molecule has 0 amide bonds. The fourth-order valence-electron chi connectivity index (χ4n) is 2.91. The number of hydrogen-bond acceptors (Lipinski definition) is 4. The number of nitrogens with two attached hydrogens (primary N) is 1. The van der Waals surface area contributed by atoms with E-state index in [2.05, 4.69) is 24.0 Å². The van der Waals surface area contributed by atoms with Crippen molar-refractivity contribution in [1.82, 2.24) is 10.1 Å². The van der Waals surface area contributed by atoms with Crippen molar-refractivity contribution in [2.75, 3.05) is 0 Å². The smallest absolute Gasteiger partial charge is 0.226 e. The molecular weight excluding hydrogens is 238 g/mol. The standard InChI is InChI=1S/C15H27N3O/c1-3-5-6-7-13-17-14(18-19-13)15(16)10-8-12(4-2)9-11-15/h12H,3-11,16H2,1-2H3. The van der Waals surface area contributed by atoms with E-state index in [9.17, 15) is 0 Å². The fraction of sp³-hybridized carbons (Fsp3) is 0.867. The van der Waals surface area contributed by atoms with Crippen molar-refractivity contribution in [2.45, 2.75) is 77.2 Å². The zero-order valence-electron chi connectivity index (χ0n) is 12.3. The first kappa shape index (κ1) is 14.5. The summed E-state index contributed by atoms with van der Waals surface area (Å²) < 4.78 is 5.34. The molecule has 0 spiro atoms. The third-order valence-electron chi connectivity index (χ3n) is 4.48. The van der Waals surface area contributed by atoms with Crippen molar-refractivity contribution in [3.8, 4) is 0 Å². The fourth-order valence-corrected chi connectivity index (χ4v) is 2.91. The topological polar surface area (TPSA) is 64.9 Å². The molecule has 0 bridgehead atoms. The molecule has 1 aliphatic carbocycles. The van der Waals surface area contributed by atoms with E-state index in [1.165, 1.54) is 32.1 Å². The summed E-state index contributed by atoms with van der Waals surface area (Å²) in [5, 5.41) is 4.13. The molecule has 1 fully saturated rings. The van der Waals surface area contributed by atoms with E-state index in [1.54, 1.807) is 0 Å². The Kier molecular flexibility index (Phi) is 4.97. The first-order chi connectivity index (χ1) is 9.18. The number of hydrogen-bond donors (Lipinski definition) is 1. The van der Waals surface area contributed by atoms with Crippen LogP contribution >= 0.6 is 0 Å². The molecule has 1 aromatic rings. The molecule has 1 saturated carbocycles. The van der Waals surface area contributed by atoms with Crippen LogP contribution in [0.15, 0.2) is 4.52 Å². The highest BCUT2D eigenvalue weighted by atomic mass is 16.5. The van der Waals surface area contributed by atoms with E-state index in [0.717, 1.165) is 43.3 Å². The van der Waals surface area contributed by atoms with E-state index in [-0.39, 0.29) is 5.54 Å². The van der Waals surface area contributed by atoms with Gasteiger partial charge in [0.05, 0.1) is 5.54 Å². The maximum atomic E-state index is 6.48. The summed E-state index contributed by atoms with van der Waals surface area (Å²) in [7, 11) is 0. The molecule has 1 aliphatic rings. The lowest BCUT2D eigenvalue weighted by Crippen LogP contribution is -2.41. The average molecular weight is 265 g/mol. The largest absolute Gasteiger partial charge is 0.339 e. The van der Waals surface area contributed by atoms with Crippen LogP contribution in [0.1, 0.15) is 76.9 Å². The zero-order chi connectivity index (χ0) is 13.7. The van der Waals surface area contributed by atoms with Crippen LogP contribution in [0.25, 0.3) is 0 Å². The average Bonchev–Trinajstić information content (AvgIpc) is 2.90. The molecule has 1 aromatic heterocycles. The van der Waals surface area contributed by atoms with Gasteiger partial charge in [-0.2, -0.15) is 4.98 Å². The van der Waals surface area contributed by atoms with Crippen molar-refractivity contribution in [3.63, 3.8) is 0 Å². The molecule has 2 N–H and O–H groups in total. The SMILES string of the molecule is CCCCCc1nc(C2(N)CCC(CC)CC2)no1. The minimum absolute atomic E-state index is 0.349. The third-order valence-corrected chi connectivity index (χ3v) is 4.48. The van der Waals surface area contributed by atoms with Crippen LogP contribution < -0.4 is 5.73 Å². The van der Waals surface area contributed by atoms with Gasteiger partial charge in [-0.15, -0.1) is 0 Å². The number of aryl methyl sites for hydroxylation is 1. The minimum Gasteiger partial charge on any atom is -0.339 e. The van der Waals surface area contributed by atoms with Crippen LogP contribution in [-0.4, -0.2) is 10.1 Å². The molecule has 2 rings (SSSR count). The molecule has 1 heterocycles. The Morgan fingerprint density at radius 1 is 1.26 bits per heavy atom. The summed E-state index contributed by atoms with van der Waals surface area (Å²) in [6.07, 6.45) is 10.0. The summed E-state index contributed by atoms with van der Waals surface area (Å²) in [6.45, 7) is 4.45. The second kappa shape index (κ2) is 6.51. The highest BCUT2D eigenvalue weighted by molar-refractivity contribution is 5.06. The Hall–Kier alpha value is -0.900. The zero-order valence-corrected chi connectivity index (χ0v) is 12.3. The van der Waals surface area contributed by atoms with E-state index in [1.807, 2.05) is 0 Å². The molecule has 0 saturated heterocycles. The Morgan fingerprint density at radius 3 is 2.63 bits per heavy atom. The molecule has 0 unspecified atom stereocenters. The quantitative estimate of drug-likeness (QED) is 0.799. The Balaban J connectivity index is 1.94.